The SMILES string of the molecule is CC(Sc1nncn1-c1ccccc1)C(=O)/C=C1\N(C)c2ccccc2C1(C)C. The molecule has 5 nitrogen and oxygen atoms in total. The van der Waals surface area contributed by atoms with Crippen LogP contribution in [0.1, 0.15) is 26.3 Å². The van der Waals surface area contributed by atoms with Gasteiger partial charge in [0.2, 0.25) is 0 Å². The minimum absolute atomic E-state index is 0.0698. The first-order valence-electron chi connectivity index (χ1n) is 9.61. The Kier molecular flexibility index (Phi) is 5.04. The molecule has 3 aromatic rings. The molecule has 0 spiro atoms. The number of hydrogen-bond acceptors (Lipinski definition) is 5. The van der Waals surface area contributed by atoms with Crippen LogP contribution in [0, 0.1) is 0 Å². The monoisotopic (exact) mass is 404 g/mol. The van der Waals surface area contributed by atoms with E-state index in [9.17, 15) is 4.79 Å². The number of carbonyl (C=O) groups excluding carboxylic acids is 1. The second kappa shape index (κ2) is 7.52. The van der Waals surface area contributed by atoms with Gasteiger partial charge in [-0.2, -0.15) is 0 Å². The van der Waals surface area contributed by atoms with Crippen molar-refractivity contribution in [3.8, 4) is 5.69 Å². The Hall–Kier alpha value is -2.86. The molecule has 1 aliphatic heterocycles. The second-order valence-electron chi connectivity index (χ2n) is 7.71. The largest absolute Gasteiger partial charge is 0.347 e. The van der Waals surface area contributed by atoms with E-state index in [-0.39, 0.29) is 16.4 Å². The van der Waals surface area contributed by atoms with E-state index in [0.29, 0.717) is 5.16 Å². The first kappa shape index (κ1) is 19.5. The lowest BCUT2D eigenvalue weighted by Crippen LogP contribution is -2.25. The van der Waals surface area contributed by atoms with Crippen LogP contribution in [0.15, 0.2) is 77.9 Å². The number of nitrogens with zero attached hydrogens (tertiary/aromatic N) is 4. The molecule has 0 aliphatic carbocycles. The number of carbonyl (C=O) groups is 1. The molecule has 0 saturated carbocycles. The van der Waals surface area contributed by atoms with E-state index < -0.39 is 0 Å². The Labute approximate surface area is 175 Å². The van der Waals surface area contributed by atoms with Crippen LogP contribution in [0.3, 0.4) is 0 Å². The van der Waals surface area contributed by atoms with Crippen LogP contribution in [0.25, 0.3) is 5.69 Å². The molecule has 1 aliphatic rings. The standard InChI is InChI=1S/C23H24N4OS/c1-16(29-22-25-24-15-27(22)17-10-6-5-7-11-17)20(28)14-21-23(2,3)18-12-8-9-13-19(18)26(21)4/h5-16H,1-4H3/b21-14-. The number of likely N-dealkylation sites (N-methyl/N-ethyl adjacent to an activating group) is 1. The first-order valence-corrected chi connectivity index (χ1v) is 10.5. The quantitative estimate of drug-likeness (QED) is 0.458. The summed E-state index contributed by atoms with van der Waals surface area (Å²) in [6.07, 6.45) is 3.47. The van der Waals surface area contributed by atoms with Crippen LogP contribution in [0.4, 0.5) is 5.69 Å². The van der Waals surface area contributed by atoms with Crippen LogP contribution in [0.5, 0.6) is 0 Å². The number of anilines is 1. The van der Waals surface area contributed by atoms with Crippen molar-refractivity contribution in [2.75, 3.05) is 11.9 Å². The summed E-state index contributed by atoms with van der Waals surface area (Å²) in [5.74, 6) is 0.0698. The Morgan fingerprint density at radius 1 is 1.10 bits per heavy atom. The number of ketones is 1. The fraction of sp³-hybridized carbons (Fsp3) is 0.261. The number of hydrogen-bond donors (Lipinski definition) is 0. The Bertz CT molecular complexity index is 1070. The fourth-order valence-corrected chi connectivity index (χ4v) is 4.66. The first-order chi connectivity index (χ1) is 13.9. The van der Waals surface area contributed by atoms with Crippen molar-refractivity contribution >= 4 is 23.2 Å². The van der Waals surface area contributed by atoms with Gasteiger partial charge >= 0.3 is 0 Å². The molecule has 2 heterocycles. The van der Waals surface area contributed by atoms with Crippen LogP contribution < -0.4 is 4.90 Å². The number of benzene rings is 2. The van der Waals surface area contributed by atoms with E-state index in [2.05, 4.69) is 41.1 Å². The third kappa shape index (κ3) is 3.49. The zero-order valence-electron chi connectivity index (χ0n) is 17.0. The van der Waals surface area contributed by atoms with Crippen molar-refractivity contribution in [2.24, 2.45) is 0 Å². The van der Waals surface area contributed by atoms with E-state index in [1.165, 1.54) is 17.3 Å². The van der Waals surface area contributed by atoms with Crippen molar-refractivity contribution in [1.29, 1.82) is 0 Å². The molecule has 2 aromatic carbocycles. The zero-order chi connectivity index (χ0) is 20.6. The summed E-state index contributed by atoms with van der Waals surface area (Å²) in [4.78, 5) is 15.2. The van der Waals surface area contributed by atoms with Crippen LogP contribution in [0.2, 0.25) is 0 Å². The molecule has 6 heteroatoms. The highest BCUT2D eigenvalue weighted by Gasteiger charge is 2.38. The maximum absolute atomic E-state index is 13.1. The van der Waals surface area contributed by atoms with Gasteiger partial charge in [-0.1, -0.05) is 62.0 Å². The topological polar surface area (TPSA) is 51.0 Å². The number of fused-ring (bicyclic) bond motifs is 1. The number of rotatable bonds is 5. The number of aromatic nitrogens is 3. The fourth-order valence-electron chi connectivity index (χ4n) is 3.80. The van der Waals surface area contributed by atoms with Gasteiger partial charge in [0.1, 0.15) is 6.33 Å². The smallest absolute Gasteiger partial charge is 0.196 e. The van der Waals surface area contributed by atoms with Gasteiger partial charge in [-0.05, 0) is 30.7 Å². The summed E-state index contributed by atoms with van der Waals surface area (Å²) in [5, 5.41) is 8.68. The Morgan fingerprint density at radius 2 is 1.79 bits per heavy atom. The van der Waals surface area contributed by atoms with E-state index in [4.69, 9.17) is 0 Å². The molecule has 0 saturated heterocycles. The van der Waals surface area contributed by atoms with Gasteiger partial charge in [0.15, 0.2) is 10.9 Å². The third-order valence-corrected chi connectivity index (χ3v) is 6.53. The number of thioether (sulfide) groups is 1. The van der Waals surface area contributed by atoms with Crippen molar-refractivity contribution in [3.63, 3.8) is 0 Å². The number of allylic oxidation sites excluding steroid dienone is 2. The normalized spacial score (nSPS) is 17.4. The lowest BCUT2D eigenvalue weighted by atomic mass is 9.83. The zero-order valence-corrected chi connectivity index (χ0v) is 17.9. The lowest BCUT2D eigenvalue weighted by Gasteiger charge is -2.24. The van der Waals surface area contributed by atoms with E-state index in [0.717, 1.165) is 17.1 Å². The van der Waals surface area contributed by atoms with Gasteiger partial charge in [-0.25, -0.2) is 0 Å². The van der Waals surface area contributed by atoms with Crippen molar-refractivity contribution in [3.05, 3.63) is 78.3 Å². The van der Waals surface area contributed by atoms with Gasteiger partial charge in [0.25, 0.3) is 0 Å². The Balaban J connectivity index is 1.57. The predicted octanol–water partition coefficient (Wildman–Crippen LogP) is 4.63. The molecular formula is C23H24N4OS. The maximum Gasteiger partial charge on any atom is 0.196 e. The average Bonchev–Trinajstić information content (AvgIpc) is 3.26. The molecule has 1 atom stereocenters. The minimum Gasteiger partial charge on any atom is -0.347 e. The van der Waals surface area contributed by atoms with Gasteiger partial charge in [0.05, 0.1) is 5.25 Å². The van der Waals surface area contributed by atoms with Crippen LogP contribution in [-0.4, -0.2) is 32.8 Å². The highest BCUT2D eigenvalue weighted by atomic mass is 32.2. The van der Waals surface area contributed by atoms with Gasteiger partial charge < -0.3 is 4.90 Å². The molecule has 0 N–H and O–H groups in total. The summed E-state index contributed by atoms with van der Waals surface area (Å²) < 4.78 is 1.91. The summed E-state index contributed by atoms with van der Waals surface area (Å²) >= 11 is 1.43. The summed E-state index contributed by atoms with van der Waals surface area (Å²) in [6, 6.07) is 18.2. The molecule has 1 unspecified atom stereocenters. The molecule has 148 valence electrons. The molecular weight excluding hydrogens is 380 g/mol. The molecule has 4 rings (SSSR count). The average molecular weight is 405 g/mol. The highest BCUT2D eigenvalue weighted by Crippen LogP contribution is 2.46. The highest BCUT2D eigenvalue weighted by molar-refractivity contribution is 8.00. The third-order valence-electron chi connectivity index (χ3n) is 5.45. The molecule has 0 amide bonds. The second-order valence-corrected chi connectivity index (χ2v) is 9.02. The summed E-state index contributed by atoms with van der Waals surface area (Å²) in [7, 11) is 2.02. The maximum atomic E-state index is 13.1. The van der Waals surface area contributed by atoms with Crippen molar-refractivity contribution < 1.29 is 4.79 Å². The minimum atomic E-state index is -0.276. The molecule has 29 heavy (non-hydrogen) atoms. The molecule has 0 bridgehead atoms. The van der Waals surface area contributed by atoms with Crippen molar-refractivity contribution in [1.82, 2.24) is 14.8 Å². The summed E-state index contributed by atoms with van der Waals surface area (Å²) in [5.41, 5.74) is 4.17. The predicted molar refractivity (Wildman–Crippen MR) is 118 cm³/mol. The van der Waals surface area contributed by atoms with E-state index in [1.54, 1.807) is 12.4 Å². The van der Waals surface area contributed by atoms with Gasteiger partial charge in [-0.15, -0.1) is 10.2 Å². The lowest BCUT2D eigenvalue weighted by molar-refractivity contribution is -0.114. The van der Waals surface area contributed by atoms with Gasteiger partial charge in [-0.3, -0.25) is 9.36 Å². The van der Waals surface area contributed by atoms with Crippen LogP contribution in [-0.2, 0) is 10.2 Å². The van der Waals surface area contributed by atoms with Crippen LogP contribution >= 0.6 is 11.8 Å². The van der Waals surface area contributed by atoms with Crippen molar-refractivity contribution in [2.45, 2.75) is 36.6 Å². The molecule has 0 radical (unpaired) electrons. The Morgan fingerprint density at radius 3 is 2.52 bits per heavy atom. The van der Waals surface area contributed by atoms with Gasteiger partial charge in [0, 0.05) is 35.6 Å². The molecule has 0 fully saturated rings. The molecule has 1 aromatic heterocycles. The summed E-state index contributed by atoms with van der Waals surface area (Å²) in [6.45, 7) is 6.25. The number of para-hydroxylation sites is 2. The van der Waals surface area contributed by atoms with E-state index in [1.807, 2.05) is 61.0 Å². The van der Waals surface area contributed by atoms with E-state index >= 15 is 0 Å².